The molecule has 2 heterocycles. The molecule has 0 aromatic carbocycles. The number of nitrogens with zero attached hydrogens (tertiary/aromatic N) is 2. The number of carbonyl (C=O) groups is 1. The monoisotopic (exact) mass is 282 g/mol. The molecule has 0 radical (unpaired) electrons. The lowest BCUT2D eigenvalue weighted by Crippen LogP contribution is -2.29. The minimum absolute atomic E-state index is 0.110. The first-order valence-electron chi connectivity index (χ1n) is 6.95. The van der Waals surface area contributed by atoms with Crippen LogP contribution in [0.5, 0.6) is 0 Å². The Hall–Kier alpha value is -1.01. The van der Waals surface area contributed by atoms with Crippen molar-refractivity contribution in [3.8, 4) is 0 Å². The second kappa shape index (κ2) is 7.55. The van der Waals surface area contributed by atoms with E-state index in [0.29, 0.717) is 6.42 Å². The van der Waals surface area contributed by atoms with Crippen LogP contribution in [0.25, 0.3) is 0 Å². The predicted molar refractivity (Wildman–Crippen MR) is 79.8 cm³/mol. The Kier molecular flexibility index (Phi) is 5.72. The highest BCUT2D eigenvalue weighted by molar-refractivity contribution is 8.16. The van der Waals surface area contributed by atoms with Gasteiger partial charge in [-0.05, 0) is 24.8 Å². The fourth-order valence-corrected chi connectivity index (χ4v) is 3.15. The lowest BCUT2D eigenvalue weighted by molar-refractivity contribution is -0.120. The average Bonchev–Trinajstić information content (AvgIpc) is 2.99. The lowest BCUT2D eigenvalue weighted by Gasteiger charge is -2.16. The van der Waals surface area contributed by atoms with Gasteiger partial charge in [-0.3, -0.25) is 9.79 Å². The van der Waals surface area contributed by atoms with E-state index in [9.17, 15) is 4.79 Å². The summed E-state index contributed by atoms with van der Waals surface area (Å²) in [5, 5.41) is 6.07. The Bertz CT molecular complexity index is 381. The Morgan fingerprint density at radius 1 is 1.42 bits per heavy atom. The number of hydrogen-bond acceptors (Lipinski definition) is 5. The second-order valence-corrected chi connectivity index (χ2v) is 5.61. The molecule has 2 aliphatic heterocycles. The summed E-state index contributed by atoms with van der Waals surface area (Å²) in [7, 11) is 0. The van der Waals surface area contributed by atoms with Gasteiger partial charge in [0, 0.05) is 18.8 Å². The zero-order chi connectivity index (χ0) is 13.5. The molecule has 2 rings (SSSR count). The van der Waals surface area contributed by atoms with E-state index < -0.39 is 0 Å². The highest BCUT2D eigenvalue weighted by atomic mass is 32.2. The summed E-state index contributed by atoms with van der Waals surface area (Å²) in [4.78, 5) is 18.3. The number of nitrogens with one attached hydrogen (secondary N) is 1. The van der Waals surface area contributed by atoms with Crippen molar-refractivity contribution in [2.24, 2.45) is 10.7 Å². The van der Waals surface area contributed by atoms with E-state index >= 15 is 0 Å². The number of amides is 1. The van der Waals surface area contributed by atoms with Gasteiger partial charge >= 0.3 is 0 Å². The molecule has 0 fully saturated rings. The van der Waals surface area contributed by atoms with Crippen LogP contribution in [0, 0.1) is 0 Å². The first kappa shape index (κ1) is 14.4. The fourth-order valence-electron chi connectivity index (χ4n) is 2.19. The maximum atomic E-state index is 11.8. The number of nitrogens with two attached hydrogens (primary N) is 1. The summed E-state index contributed by atoms with van der Waals surface area (Å²) in [6.07, 6.45) is 4.88. The van der Waals surface area contributed by atoms with E-state index in [1.54, 1.807) is 11.8 Å². The van der Waals surface area contributed by atoms with Crippen LogP contribution in [0.4, 0.5) is 0 Å². The van der Waals surface area contributed by atoms with E-state index in [1.807, 2.05) is 5.41 Å². The van der Waals surface area contributed by atoms with Gasteiger partial charge in [-0.15, -0.1) is 0 Å². The highest BCUT2D eigenvalue weighted by Gasteiger charge is 2.27. The van der Waals surface area contributed by atoms with E-state index in [-0.39, 0.29) is 5.91 Å². The van der Waals surface area contributed by atoms with Crippen LogP contribution < -0.4 is 11.1 Å². The number of amidine groups is 1. The molecule has 2 aliphatic rings. The van der Waals surface area contributed by atoms with Crippen molar-refractivity contribution in [3.63, 3.8) is 0 Å². The Morgan fingerprint density at radius 3 is 3.11 bits per heavy atom. The van der Waals surface area contributed by atoms with E-state index in [4.69, 9.17) is 5.73 Å². The van der Waals surface area contributed by atoms with Crippen LogP contribution in [-0.2, 0) is 4.79 Å². The average molecular weight is 282 g/mol. The number of fused-ring (bicyclic) bond motifs is 1. The number of unbranched alkanes of at least 4 members (excludes halogenated alkanes) is 3. The minimum atomic E-state index is 0.110. The predicted octanol–water partition coefficient (Wildman–Crippen LogP) is 1.27. The molecule has 0 spiro atoms. The third-order valence-electron chi connectivity index (χ3n) is 3.24. The smallest absolute Gasteiger partial charge is 0.225 e. The summed E-state index contributed by atoms with van der Waals surface area (Å²) in [6.45, 7) is 3.30. The molecule has 0 atom stereocenters. The van der Waals surface area contributed by atoms with Crippen molar-refractivity contribution in [2.45, 2.75) is 32.1 Å². The highest BCUT2D eigenvalue weighted by Crippen LogP contribution is 2.30. The number of hydrogen-bond donors (Lipinski definition) is 2. The molecule has 0 saturated heterocycles. The van der Waals surface area contributed by atoms with Crippen molar-refractivity contribution in [2.75, 3.05) is 26.2 Å². The summed E-state index contributed by atoms with van der Waals surface area (Å²) in [5.74, 6) is 0.110. The quantitative estimate of drug-likeness (QED) is 0.658. The van der Waals surface area contributed by atoms with Gasteiger partial charge < -0.3 is 16.0 Å². The second-order valence-electron chi connectivity index (χ2n) is 4.77. The maximum absolute atomic E-state index is 11.8. The molecule has 0 saturated carbocycles. The zero-order valence-corrected chi connectivity index (χ0v) is 12.0. The van der Waals surface area contributed by atoms with Crippen LogP contribution in [0.2, 0.25) is 0 Å². The van der Waals surface area contributed by atoms with Gasteiger partial charge in [0.15, 0.2) is 5.17 Å². The van der Waals surface area contributed by atoms with Crippen LogP contribution in [0.15, 0.2) is 16.1 Å². The Labute approximate surface area is 118 Å². The van der Waals surface area contributed by atoms with Gasteiger partial charge in [0.25, 0.3) is 0 Å². The standard InChI is InChI=1S/C13H22N4OS/c14-5-3-1-2-4-6-15-12(18)9-11-10-19-13-16-7-8-17(11)13/h10H,1-9,14H2,(H,15,18). The van der Waals surface area contributed by atoms with Crippen LogP contribution in [0.1, 0.15) is 32.1 Å². The molecule has 3 N–H and O–H groups in total. The van der Waals surface area contributed by atoms with Gasteiger partial charge in [0.1, 0.15) is 0 Å². The van der Waals surface area contributed by atoms with Gasteiger partial charge in [-0.25, -0.2) is 0 Å². The number of thioether (sulfide) groups is 1. The number of carbonyl (C=O) groups excluding carboxylic acids is 1. The van der Waals surface area contributed by atoms with Crippen molar-refractivity contribution in [1.29, 1.82) is 0 Å². The first-order valence-corrected chi connectivity index (χ1v) is 7.83. The number of rotatable bonds is 8. The van der Waals surface area contributed by atoms with Gasteiger partial charge in [-0.2, -0.15) is 0 Å². The van der Waals surface area contributed by atoms with E-state index in [1.165, 1.54) is 0 Å². The molecule has 0 aliphatic carbocycles. The van der Waals surface area contributed by atoms with Crippen LogP contribution in [0.3, 0.4) is 0 Å². The SMILES string of the molecule is NCCCCCCNC(=O)CC1=CSC2=NCCN12. The molecular formula is C13H22N4OS. The molecule has 106 valence electrons. The van der Waals surface area contributed by atoms with Crippen molar-refractivity contribution >= 4 is 22.8 Å². The summed E-state index contributed by atoms with van der Waals surface area (Å²) in [5.41, 5.74) is 6.52. The van der Waals surface area contributed by atoms with Crippen molar-refractivity contribution < 1.29 is 4.79 Å². The normalized spacial score (nSPS) is 17.2. The molecule has 6 heteroatoms. The van der Waals surface area contributed by atoms with Crippen molar-refractivity contribution in [1.82, 2.24) is 10.2 Å². The molecule has 0 unspecified atom stereocenters. The fraction of sp³-hybridized carbons (Fsp3) is 0.692. The number of aliphatic imine (C=N–C) groups is 1. The lowest BCUT2D eigenvalue weighted by atomic mass is 10.2. The van der Waals surface area contributed by atoms with Crippen molar-refractivity contribution in [3.05, 3.63) is 11.1 Å². The molecular weight excluding hydrogens is 260 g/mol. The first-order chi connectivity index (χ1) is 9.31. The van der Waals surface area contributed by atoms with Gasteiger partial charge in [0.2, 0.25) is 5.91 Å². The zero-order valence-electron chi connectivity index (χ0n) is 11.2. The molecule has 0 aromatic rings. The molecule has 0 aromatic heterocycles. The summed E-state index contributed by atoms with van der Waals surface area (Å²) >= 11 is 1.62. The Morgan fingerprint density at radius 2 is 2.26 bits per heavy atom. The molecule has 0 bridgehead atoms. The summed E-state index contributed by atoms with van der Waals surface area (Å²) < 4.78 is 0. The third-order valence-corrected chi connectivity index (χ3v) is 4.19. The molecule has 1 amide bonds. The maximum Gasteiger partial charge on any atom is 0.225 e. The topological polar surface area (TPSA) is 70.7 Å². The molecule has 5 nitrogen and oxygen atoms in total. The largest absolute Gasteiger partial charge is 0.356 e. The van der Waals surface area contributed by atoms with Crippen LogP contribution in [-0.4, -0.2) is 42.2 Å². The summed E-state index contributed by atoms with van der Waals surface area (Å²) in [6, 6.07) is 0. The van der Waals surface area contributed by atoms with Gasteiger partial charge in [-0.1, -0.05) is 24.6 Å². The Balaban J connectivity index is 1.59. The molecule has 19 heavy (non-hydrogen) atoms. The van der Waals surface area contributed by atoms with Crippen LogP contribution >= 0.6 is 11.8 Å². The minimum Gasteiger partial charge on any atom is -0.356 e. The van der Waals surface area contributed by atoms with E-state index in [2.05, 4.69) is 15.2 Å². The van der Waals surface area contributed by atoms with E-state index in [0.717, 1.165) is 62.7 Å². The van der Waals surface area contributed by atoms with Gasteiger partial charge in [0.05, 0.1) is 13.0 Å². The third kappa shape index (κ3) is 4.24.